The predicted octanol–water partition coefficient (Wildman–Crippen LogP) is 20.6. The van der Waals surface area contributed by atoms with Crippen molar-refractivity contribution in [3.63, 3.8) is 0 Å². The SMILES string of the molecule is C=C(CC[C@H]1CC=C[C@@H](C[C@H](C/C=C(C)/C=C/C(=O)OC)O[Si](C)(C)C(C)(C)C)O1)[C@H](C[C@@](C)(OC)[C@@H](C)[C@@H](OCc1ccc(OC)cc1)[C@@H](C)[C@@H](O[Si](C)(C)C(C)(C)C)[C@@H](C)CC[C@H](O[Si](C)(C)C(C)(C)C)[C@H](C)[C@H](OC)[C@H](C)CO[Si](c1ccccc1)(c1ccccc1)C(C)(C)C)OC. The third-order valence-electron chi connectivity index (χ3n) is 23.8. The minimum absolute atomic E-state index is 0.0000162. The van der Waals surface area contributed by atoms with Gasteiger partial charge >= 0.3 is 5.97 Å². The molecule has 572 valence electrons. The molecule has 101 heavy (non-hydrogen) atoms. The summed E-state index contributed by atoms with van der Waals surface area (Å²) in [6.45, 7) is 63.8. The molecule has 3 aromatic rings. The molecule has 0 fully saturated rings. The molecule has 0 saturated heterocycles. The fourth-order valence-electron chi connectivity index (χ4n) is 13.8. The van der Waals surface area contributed by atoms with Crippen LogP contribution in [0.25, 0.3) is 0 Å². The van der Waals surface area contributed by atoms with Crippen LogP contribution in [0.3, 0.4) is 0 Å². The minimum atomic E-state index is -2.83. The van der Waals surface area contributed by atoms with Crippen LogP contribution in [0.5, 0.6) is 5.75 Å². The molecule has 1 aliphatic heterocycles. The summed E-state index contributed by atoms with van der Waals surface area (Å²) >= 11 is 0. The zero-order valence-corrected chi connectivity index (χ0v) is 73.2. The normalized spacial score (nSPS) is 19.7. The van der Waals surface area contributed by atoms with Crippen molar-refractivity contribution in [3.8, 4) is 5.75 Å². The molecular formula is C85H144O12Si4. The van der Waals surface area contributed by atoms with E-state index in [4.69, 9.17) is 57.4 Å². The van der Waals surface area contributed by atoms with Gasteiger partial charge in [-0.1, -0.05) is 227 Å². The van der Waals surface area contributed by atoms with Gasteiger partial charge < -0.3 is 50.9 Å². The quantitative estimate of drug-likeness (QED) is 0.0177. The molecule has 0 N–H and O–H groups in total. The molecule has 3 aromatic carbocycles. The predicted molar refractivity (Wildman–Crippen MR) is 433 cm³/mol. The van der Waals surface area contributed by atoms with Gasteiger partial charge in [-0.2, -0.15) is 0 Å². The van der Waals surface area contributed by atoms with Crippen molar-refractivity contribution in [1.82, 2.24) is 0 Å². The van der Waals surface area contributed by atoms with Crippen LogP contribution in [0.2, 0.25) is 59.4 Å². The van der Waals surface area contributed by atoms with E-state index >= 15 is 0 Å². The first kappa shape index (κ1) is 89.8. The number of allylic oxidation sites excluding steroid dienone is 2. The average Bonchev–Trinajstić information content (AvgIpc) is 0.749. The summed E-state index contributed by atoms with van der Waals surface area (Å²) < 4.78 is 75.2. The molecule has 0 amide bonds. The van der Waals surface area contributed by atoms with E-state index in [2.05, 4.69) is 255 Å². The summed E-state index contributed by atoms with van der Waals surface area (Å²) in [6.07, 6.45) is 14.7. The van der Waals surface area contributed by atoms with E-state index in [0.29, 0.717) is 26.1 Å². The van der Waals surface area contributed by atoms with E-state index < -0.39 is 38.9 Å². The maximum Gasteiger partial charge on any atom is 0.330 e. The molecule has 1 heterocycles. The van der Waals surface area contributed by atoms with Crippen LogP contribution < -0.4 is 15.1 Å². The Labute approximate surface area is 621 Å². The largest absolute Gasteiger partial charge is 0.497 e. The van der Waals surface area contributed by atoms with Crippen LogP contribution >= 0.6 is 0 Å². The lowest BCUT2D eigenvalue weighted by Crippen LogP contribution is -2.67. The third-order valence-corrected chi connectivity index (χ3v) is 42.3. The highest BCUT2D eigenvalue weighted by Gasteiger charge is 2.52. The number of carbonyl (C=O) groups is 1. The standard InChI is InChI=1S/C85H144O12Si4/c1-61(46-56-77(86)89-23)45-51-72(95-98(26,27)81(8,9)10)57-71-40-38-39-70(94-71)52-47-62(2)76(88-22)58-85(20,91-25)67(7)80(92-60-68-49-53-69(87-21)54-50-68)66(6)79(97-100(30,31)83(14,15)16)63(3)48-55-75(96-99(28,29)82(11,12)13)65(5)78(90-24)64(4)59-93-101(84(17,18)19,73-41-34-32-35-42-73)74-43-36-33-37-44-74/h32-38,40-46,49-50,53-54,56,63-67,70-72,75-76,78-80H,2,39,47-48,51-52,55,57-60H2,1,3-31H3/b56-46+,61-45+/t63-,64+,65-,66-,67-,70+,71-,72-,75-,76-,78+,79-,80-,85+/m0/s1. The second-order valence-corrected chi connectivity index (χ2v) is 54.0. The van der Waals surface area contributed by atoms with Crippen molar-refractivity contribution in [2.75, 3.05) is 42.2 Å². The van der Waals surface area contributed by atoms with Gasteiger partial charge in [0.2, 0.25) is 0 Å². The fraction of sp³-hybridized carbons (Fsp3) is 0.682. The van der Waals surface area contributed by atoms with Crippen LogP contribution in [-0.4, -0.2) is 136 Å². The van der Waals surface area contributed by atoms with Crippen LogP contribution in [0.1, 0.15) is 188 Å². The van der Waals surface area contributed by atoms with Crippen LogP contribution in [0, 0.1) is 29.6 Å². The molecule has 0 saturated carbocycles. The third kappa shape index (κ3) is 25.3. The Morgan fingerprint density at radius 1 is 0.634 bits per heavy atom. The number of methoxy groups -OCH3 is 5. The van der Waals surface area contributed by atoms with Crippen LogP contribution in [-0.2, 0) is 57.5 Å². The molecular weight excluding hydrogens is 1330 g/mol. The Hall–Kier alpha value is -3.60. The maximum atomic E-state index is 11.9. The molecule has 4 rings (SSSR count). The van der Waals surface area contributed by atoms with Crippen molar-refractivity contribution < 1.29 is 55.7 Å². The van der Waals surface area contributed by atoms with E-state index in [0.717, 1.165) is 61.0 Å². The number of hydrogen-bond acceptors (Lipinski definition) is 12. The molecule has 0 aliphatic carbocycles. The van der Waals surface area contributed by atoms with Gasteiger partial charge in [0.1, 0.15) is 5.75 Å². The van der Waals surface area contributed by atoms with Crippen molar-refractivity contribution in [2.24, 2.45) is 29.6 Å². The monoisotopic (exact) mass is 1470 g/mol. The molecule has 0 radical (unpaired) electrons. The van der Waals surface area contributed by atoms with Gasteiger partial charge in [-0.15, -0.1) is 0 Å². The summed E-state index contributed by atoms with van der Waals surface area (Å²) in [5, 5.41) is 2.34. The number of hydrogen-bond donors (Lipinski definition) is 0. The Morgan fingerprint density at radius 2 is 1.18 bits per heavy atom. The van der Waals surface area contributed by atoms with Gasteiger partial charge in [-0.3, -0.25) is 0 Å². The Balaban J connectivity index is 1.71. The lowest BCUT2D eigenvalue weighted by Gasteiger charge is -2.48. The molecule has 1 aliphatic rings. The van der Waals surface area contributed by atoms with E-state index in [1.54, 1.807) is 20.3 Å². The fourth-order valence-corrected chi connectivity index (χ4v) is 22.8. The van der Waals surface area contributed by atoms with E-state index in [9.17, 15) is 4.79 Å². The summed E-state index contributed by atoms with van der Waals surface area (Å²) in [7, 11) is -1.14. The van der Waals surface area contributed by atoms with E-state index in [1.807, 2.05) is 33.3 Å². The maximum absolute atomic E-state index is 11.9. The van der Waals surface area contributed by atoms with Gasteiger partial charge in [-0.05, 0) is 151 Å². The molecule has 0 bridgehead atoms. The van der Waals surface area contributed by atoms with E-state index in [-0.39, 0.29) is 105 Å². The van der Waals surface area contributed by atoms with Crippen molar-refractivity contribution in [2.45, 2.75) is 303 Å². The molecule has 16 heteroatoms. The Morgan fingerprint density at radius 3 is 1.67 bits per heavy atom. The number of rotatable bonds is 41. The van der Waals surface area contributed by atoms with E-state index in [1.165, 1.54) is 23.6 Å². The van der Waals surface area contributed by atoms with Crippen molar-refractivity contribution in [1.29, 1.82) is 0 Å². The lowest BCUT2D eigenvalue weighted by atomic mass is 9.74. The van der Waals surface area contributed by atoms with Gasteiger partial charge in [0.15, 0.2) is 25.0 Å². The summed E-state index contributed by atoms with van der Waals surface area (Å²) in [4.78, 5) is 11.9. The number of carbonyl (C=O) groups excluding carboxylic acids is 1. The lowest BCUT2D eigenvalue weighted by molar-refractivity contribution is -0.148. The Bertz CT molecular complexity index is 2990. The van der Waals surface area contributed by atoms with Crippen LogP contribution in [0.4, 0.5) is 0 Å². The molecule has 0 unspecified atom stereocenters. The molecule has 0 spiro atoms. The van der Waals surface area contributed by atoms with Gasteiger partial charge in [-0.25, -0.2) is 4.79 Å². The van der Waals surface area contributed by atoms with Crippen molar-refractivity contribution >= 4 is 49.6 Å². The molecule has 14 atom stereocenters. The zero-order chi connectivity index (χ0) is 76.3. The zero-order valence-electron chi connectivity index (χ0n) is 69.2. The summed E-state index contributed by atoms with van der Waals surface area (Å²) in [5.41, 5.74) is 2.32. The molecule has 12 nitrogen and oxygen atoms in total. The van der Waals surface area contributed by atoms with Crippen LogP contribution in [0.15, 0.2) is 133 Å². The highest BCUT2D eigenvalue weighted by atomic mass is 28.4. The minimum Gasteiger partial charge on any atom is -0.497 e. The Kier molecular flexibility index (Phi) is 34.5. The second kappa shape index (κ2) is 38.8. The van der Waals surface area contributed by atoms with Gasteiger partial charge in [0, 0.05) is 70.5 Å². The smallest absolute Gasteiger partial charge is 0.330 e. The summed E-state index contributed by atoms with van der Waals surface area (Å²) in [5.74, 6) is 0.371. The first-order valence-corrected chi connectivity index (χ1v) is 48.5. The molecule has 0 aromatic heterocycles. The summed E-state index contributed by atoms with van der Waals surface area (Å²) in [6, 6.07) is 30.1. The van der Waals surface area contributed by atoms with Gasteiger partial charge in [0.25, 0.3) is 8.32 Å². The first-order valence-electron chi connectivity index (χ1n) is 37.8. The number of ether oxygens (including phenoxy) is 7. The average molecular weight is 1470 g/mol. The number of esters is 1. The highest BCUT2D eigenvalue weighted by molar-refractivity contribution is 6.99. The van der Waals surface area contributed by atoms with Gasteiger partial charge in [0.05, 0.1) is 75.3 Å². The second-order valence-electron chi connectivity index (χ2n) is 35.5. The topological polar surface area (TPSA) is 119 Å². The number of benzene rings is 3. The highest BCUT2D eigenvalue weighted by Crippen LogP contribution is 2.46. The first-order chi connectivity index (χ1) is 46.8. The van der Waals surface area contributed by atoms with Crippen molar-refractivity contribution in [3.05, 3.63) is 139 Å².